The van der Waals surface area contributed by atoms with Crippen molar-refractivity contribution in [3.05, 3.63) is 94.5 Å². The molecule has 4 rings (SSSR count). The van der Waals surface area contributed by atoms with Crippen molar-refractivity contribution in [3.63, 3.8) is 0 Å². The number of anilines is 1. The van der Waals surface area contributed by atoms with E-state index in [-0.39, 0.29) is 5.57 Å². The van der Waals surface area contributed by atoms with Crippen LogP contribution in [0.5, 0.6) is 5.75 Å². The Morgan fingerprint density at radius 2 is 1.68 bits per heavy atom. The standard InChI is InChI=1S/C25H17BrI2N2O4/c1-14-9-17(7-8-19(14)26)30-24(32)18(23(31)29-25(30)33)10-16-11-20(27)22(21(28)12-16)34-13-15-5-3-2-4-6-15/h2-12H,13H2,1H3,(H,29,31,33)/b18-10+. The number of amides is 4. The summed E-state index contributed by atoms with van der Waals surface area (Å²) in [6.45, 7) is 2.28. The van der Waals surface area contributed by atoms with Crippen LogP contribution < -0.4 is 15.0 Å². The van der Waals surface area contributed by atoms with Crippen LogP contribution in [0.4, 0.5) is 10.5 Å². The van der Waals surface area contributed by atoms with Crippen LogP contribution in [0.1, 0.15) is 16.7 Å². The molecule has 1 saturated heterocycles. The van der Waals surface area contributed by atoms with Gasteiger partial charge < -0.3 is 4.74 Å². The molecule has 3 aromatic rings. The van der Waals surface area contributed by atoms with Gasteiger partial charge in [-0.2, -0.15) is 0 Å². The minimum Gasteiger partial charge on any atom is -0.487 e. The second kappa shape index (κ2) is 10.6. The third-order valence-electron chi connectivity index (χ3n) is 5.06. The van der Waals surface area contributed by atoms with Crippen LogP contribution in [0.15, 0.2) is 70.7 Å². The Bertz CT molecular complexity index is 1320. The molecule has 1 N–H and O–H groups in total. The lowest BCUT2D eigenvalue weighted by Gasteiger charge is -2.26. The molecule has 1 aliphatic heterocycles. The number of carbonyl (C=O) groups excluding carboxylic acids is 3. The van der Waals surface area contributed by atoms with Gasteiger partial charge in [-0.15, -0.1) is 0 Å². The fourth-order valence-electron chi connectivity index (χ4n) is 3.36. The third kappa shape index (κ3) is 5.36. The monoisotopic (exact) mass is 742 g/mol. The number of hydrogen-bond donors (Lipinski definition) is 1. The lowest BCUT2D eigenvalue weighted by atomic mass is 10.1. The Kier molecular flexibility index (Phi) is 7.73. The normalized spacial score (nSPS) is 15.0. The number of nitrogens with one attached hydrogen (secondary N) is 1. The molecular weight excluding hydrogens is 726 g/mol. The molecule has 9 heteroatoms. The minimum atomic E-state index is -0.775. The van der Waals surface area contributed by atoms with E-state index in [9.17, 15) is 14.4 Å². The van der Waals surface area contributed by atoms with Gasteiger partial charge in [-0.05, 0) is 105 Å². The minimum absolute atomic E-state index is 0.121. The van der Waals surface area contributed by atoms with E-state index in [4.69, 9.17) is 4.74 Å². The molecule has 1 fully saturated rings. The van der Waals surface area contributed by atoms with E-state index in [1.165, 1.54) is 6.08 Å². The lowest BCUT2D eigenvalue weighted by Crippen LogP contribution is -2.54. The number of imide groups is 2. The molecule has 3 aromatic carbocycles. The number of nitrogens with zero attached hydrogens (tertiary/aromatic N) is 1. The number of carbonyl (C=O) groups is 3. The molecule has 0 spiro atoms. The molecule has 6 nitrogen and oxygen atoms in total. The van der Waals surface area contributed by atoms with Crippen LogP contribution in [0, 0.1) is 14.1 Å². The van der Waals surface area contributed by atoms with Gasteiger partial charge in [-0.25, -0.2) is 9.69 Å². The molecule has 0 bridgehead atoms. The molecule has 1 aliphatic rings. The van der Waals surface area contributed by atoms with Gasteiger partial charge in [0, 0.05) is 4.47 Å². The zero-order valence-corrected chi connectivity index (χ0v) is 23.7. The predicted molar refractivity (Wildman–Crippen MR) is 151 cm³/mol. The SMILES string of the molecule is Cc1cc(N2C(=O)NC(=O)/C(=C\c3cc(I)c(OCc4ccccc4)c(I)c3)C2=O)ccc1Br. The van der Waals surface area contributed by atoms with E-state index < -0.39 is 17.8 Å². The zero-order valence-electron chi connectivity index (χ0n) is 17.8. The van der Waals surface area contributed by atoms with Crippen LogP contribution >= 0.6 is 61.1 Å². The van der Waals surface area contributed by atoms with E-state index in [2.05, 4.69) is 66.4 Å². The van der Waals surface area contributed by atoms with Gasteiger partial charge in [-0.3, -0.25) is 14.9 Å². The van der Waals surface area contributed by atoms with E-state index in [1.54, 1.807) is 18.2 Å². The van der Waals surface area contributed by atoms with Crippen molar-refractivity contribution >= 4 is 90.7 Å². The van der Waals surface area contributed by atoms with E-state index in [0.717, 1.165) is 33.4 Å². The summed E-state index contributed by atoms with van der Waals surface area (Å²) in [5, 5.41) is 2.26. The molecule has 0 aliphatic carbocycles. The van der Waals surface area contributed by atoms with Crippen LogP contribution in [0.3, 0.4) is 0 Å². The summed E-state index contributed by atoms with van der Waals surface area (Å²) >= 11 is 7.75. The number of rotatable bonds is 5. The van der Waals surface area contributed by atoms with Crippen LogP contribution in [-0.2, 0) is 16.2 Å². The summed E-state index contributed by atoms with van der Waals surface area (Å²) in [4.78, 5) is 39.1. The molecule has 0 aromatic heterocycles. The molecule has 0 atom stereocenters. The van der Waals surface area contributed by atoms with Gasteiger partial charge in [0.25, 0.3) is 11.8 Å². The maximum atomic E-state index is 13.2. The number of aryl methyl sites for hydroxylation is 1. The summed E-state index contributed by atoms with van der Waals surface area (Å²) in [6, 6.07) is 17.9. The molecule has 34 heavy (non-hydrogen) atoms. The fourth-order valence-corrected chi connectivity index (χ4v) is 5.73. The van der Waals surface area contributed by atoms with Crippen molar-refractivity contribution in [1.82, 2.24) is 5.32 Å². The van der Waals surface area contributed by atoms with Gasteiger partial charge in [0.05, 0.1) is 12.8 Å². The molecule has 172 valence electrons. The number of benzene rings is 3. The largest absolute Gasteiger partial charge is 0.487 e. The third-order valence-corrected chi connectivity index (χ3v) is 7.55. The maximum Gasteiger partial charge on any atom is 0.335 e. The number of hydrogen-bond acceptors (Lipinski definition) is 4. The Balaban J connectivity index is 1.63. The summed E-state index contributed by atoms with van der Waals surface area (Å²) in [5.41, 5.74) is 2.83. The highest BCUT2D eigenvalue weighted by molar-refractivity contribution is 14.1. The second-order valence-electron chi connectivity index (χ2n) is 7.48. The van der Waals surface area contributed by atoms with E-state index >= 15 is 0 Å². The predicted octanol–water partition coefficient (Wildman–Crippen LogP) is 6.21. The first-order valence-corrected chi connectivity index (χ1v) is 13.0. The Morgan fingerprint density at radius 3 is 2.32 bits per heavy atom. The van der Waals surface area contributed by atoms with Gasteiger partial charge in [-0.1, -0.05) is 46.3 Å². The van der Waals surface area contributed by atoms with Crippen molar-refractivity contribution in [1.29, 1.82) is 0 Å². The Hall–Kier alpha value is -2.25. The van der Waals surface area contributed by atoms with Crippen molar-refractivity contribution in [2.24, 2.45) is 0 Å². The first-order valence-electron chi connectivity index (χ1n) is 10.1. The Morgan fingerprint density at radius 1 is 1.00 bits per heavy atom. The van der Waals surface area contributed by atoms with Gasteiger partial charge in [0.15, 0.2) is 0 Å². The molecular formula is C25H17BrI2N2O4. The van der Waals surface area contributed by atoms with Crippen molar-refractivity contribution in [3.8, 4) is 5.75 Å². The highest BCUT2D eigenvalue weighted by Gasteiger charge is 2.37. The second-order valence-corrected chi connectivity index (χ2v) is 10.7. The van der Waals surface area contributed by atoms with Crippen LogP contribution in [0.2, 0.25) is 0 Å². The lowest BCUT2D eigenvalue weighted by molar-refractivity contribution is -0.122. The Labute approximate surface area is 232 Å². The van der Waals surface area contributed by atoms with Crippen LogP contribution in [0.25, 0.3) is 6.08 Å². The highest BCUT2D eigenvalue weighted by atomic mass is 127. The van der Waals surface area contributed by atoms with Crippen LogP contribution in [-0.4, -0.2) is 17.8 Å². The molecule has 4 amide bonds. The van der Waals surface area contributed by atoms with Crippen molar-refractivity contribution in [2.75, 3.05) is 4.90 Å². The van der Waals surface area contributed by atoms with Gasteiger partial charge >= 0.3 is 6.03 Å². The number of barbiturate groups is 1. The molecule has 0 saturated carbocycles. The quantitative estimate of drug-likeness (QED) is 0.192. The van der Waals surface area contributed by atoms with Gasteiger partial charge in [0.1, 0.15) is 17.9 Å². The van der Waals surface area contributed by atoms with E-state index in [1.807, 2.05) is 49.4 Å². The molecule has 0 radical (unpaired) electrons. The maximum absolute atomic E-state index is 13.2. The number of halogens is 3. The summed E-state index contributed by atoms with van der Waals surface area (Å²) in [5.74, 6) is -0.673. The first kappa shape index (κ1) is 24.9. The molecule has 1 heterocycles. The van der Waals surface area contributed by atoms with Gasteiger partial charge in [0.2, 0.25) is 0 Å². The summed E-state index contributed by atoms with van der Waals surface area (Å²) < 4.78 is 8.55. The topological polar surface area (TPSA) is 75.7 Å². The first-order chi connectivity index (χ1) is 16.2. The highest BCUT2D eigenvalue weighted by Crippen LogP contribution is 2.31. The smallest absolute Gasteiger partial charge is 0.335 e. The number of urea groups is 1. The zero-order chi connectivity index (χ0) is 24.4. The average Bonchev–Trinajstić information content (AvgIpc) is 2.79. The summed E-state index contributed by atoms with van der Waals surface area (Å²) in [6.07, 6.45) is 1.49. The molecule has 0 unspecified atom stereocenters. The van der Waals surface area contributed by atoms with Crippen molar-refractivity contribution in [2.45, 2.75) is 13.5 Å². The summed E-state index contributed by atoms with van der Waals surface area (Å²) in [7, 11) is 0. The van der Waals surface area contributed by atoms with E-state index in [0.29, 0.717) is 17.9 Å². The van der Waals surface area contributed by atoms with Crippen molar-refractivity contribution < 1.29 is 19.1 Å². The average molecular weight is 743 g/mol. The fraction of sp³-hybridized carbons (Fsp3) is 0.0800. The number of ether oxygens (including phenoxy) is 1.